The van der Waals surface area contributed by atoms with Gasteiger partial charge in [0.1, 0.15) is 36.4 Å². The summed E-state index contributed by atoms with van der Waals surface area (Å²) in [4.78, 5) is 11.3. The second-order valence-corrected chi connectivity index (χ2v) is 9.97. The molecule has 2 heterocycles. The molecule has 0 atom stereocenters. The molecule has 5 rings (SSSR count). The number of hydrogen-bond donors (Lipinski definition) is 1. The highest BCUT2D eigenvalue weighted by Gasteiger charge is 2.20. The van der Waals surface area contributed by atoms with Gasteiger partial charge in [0.05, 0.1) is 15.9 Å². The van der Waals surface area contributed by atoms with Gasteiger partial charge in [0, 0.05) is 34.4 Å². The Labute approximate surface area is 225 Å². The minimum atomic E-state index is 0.164. The number of nitrogens with one attached hydrogen (secondary N) is 1. The summed E-state index contributed by atoms with van der Waals surface area (Å²) < 4.78 is 12.3. The number of nitrogens with zero attached hydrogens (tertiary/aromatic N) is 3. The zero-order valence-electron chi connectivity index (χ0n) is 19.7. The Morgan fingerprint density at radius 2 is 1.67 bits per heavy atom. The summed E-state index contributed by atoms with van der Waals surface area (Å²) in [7, 11) is 2.14. The number of piperidine rings is 1. The first-order valence-electron chi connectivity index (χ1n) is 11.7. The molecular formula is C27H25Cl3N4O2. The second-order valence-electron chi connectivity index (χ2n) is 8.75. The van der Waals surface area contributed by atoms with Crippen molar-refractivity contribution in [2.45, 2.75) is 25.6 Å². The summed E-state index contributed by atoms with van der Waals surface area (Å²) in [5, 5.41) is 5.75. The molecule has 0 bridgehead atoms. The fraction of sp³-hybridized carbons (Fsp3) is 0.259. The van der Waals surface area contributed by atoms with Gasteiger partial charge in [0.15, 0.2) is 0 Å². The Balaban J connectivity index is 1.35. The number of halogens is 3. The number of rotatable bonds is 7. The first kappa shape index (κ1) is 24.9. The number of hydrogen-bond acceptors (Lipinski definition) is 6. The molecule has 0 spiro atoms. The topological polar surface area (TPSA) is 59.5 Å². The van der Waals surface area contributed by atoms with Gasteiger partial charge >= 0.3 is 0 Å². The number of benzene rings is 3. The van der Waals surface area contributed by atoms with Crippen LogP contribution in [0.25, 0.3) is 10.9 Å². The van der Waals surface area contributed by atoms with Crippen molar-refractivity contribution in [1.82, 2.24) is 14.9 Å². The first-order valence-corrected chi connectivity index (χ1v) is 12.8. The maximum Gasteiger partial charge on any atom is 0.145 e. The van der Waals surface area contributed by atoms with E-state index in [-0.39, 0.29) is 12.7 Å². The van der Waals surface area contributed by atoms with Gasteiger partial charge in [-0.25, -0.2) is 9.97 Å². The zero-order chi connectivity index (χ0) is 25.1. The van der Waals surface area contributed by atoms with E-state index in [2.05, 4.69) is 27.2 Å². The molecule has 1 N–H and O–H groups in total. The Kier molecular flexibility index (Phi) is 7.67. The summed E-state index contributed by atoms with van der Waals surface area (Å²) in [6, 6.07) is 16.7. The quantitative estimate of drug-likeness (QED) is 0.262. The molecule has 1 fully saturated rings. The molecule has 6 nitrogen and oxygen atoms in total. The smallest absolute Gasteiger partial charge is 0.145 e. The predicted molar refractivity (Wildman–Crippen MR) is 146 cm³/mol. The zero-order valence-corrected chi connectivity index (χ0v) is 21.9. The number of aromatic nitrogens is 2. The average molecular weight is 544 g/mol. The van der Waals surface area contributed by atoms with E-state index in [1.165, 1.54) is 6.33 Å². The molecule has 0 unspecified atom stereocenters. The average Bonchev–Trinajstić information content (AvgIpc) is 2.86. The fourth-order valence-corrected chi connectivity index (χ4v) is 4.95. The lowest BCUT2D eigenvalue weighted by molar-refractivity contribution is 0.116. The van der Waals surface area contributed by atoms with E-state index in [1.807, 2.05) is 24.3 Å². The highest BCUT2D eigenvalue weighted by Crippen LogP contribution is 2.35. The van der Waals surface area contributed by atoms with Gasteiger partial charge in [0.25, 0.3) is 0 Å². The Morgan fingerprint density at radius 1 is 0.917 bits per heavy atom. The van der Waals surface area contributed by atoms with Gasteiger partial charge in [-0.05, 0) is 62.4 Å². The van der Waals surface area contributed by atoms with Crippen LogP contribution in [-0.2, 0) is 6.61 Å². The van der Waals surface area contributed by atoms with Gasteiger partial charge in [-0.1, -0.05) is 46.9 Å². The highest BCUT2D eigenvalue weighted by atomic mass is 35.5. The molecule has 9 heteroatoms. The SMILES string of the molecule is CN1CCC(Oc2cccc3ncnc(Nc4ccc(OCc5c(Cl)cccc5Cl)c(Cl)c4)c23)CC1. The van der Waals surface area contributed by atoms with E-state index >= 15 is 0 Å². The molecule has 1 aliphatic rings. The summed E-state index contributed by atoms with van der Waals surface area (Å²) >= 11 is 19.0. The molecule has 1 saturated heterocycles. The molecule has 1 aromatic heterocycles. The van der Waals surface area contributed by atoms with E-state index in [0.717, 1.165) is 48.3 Å². The molecule has 0 radical (unpaired) electrons. The summed E-state index contributed by atoms with van der Waals surface area (Å²) in [5.74, 6) is 1.95. The van der Waals surface area contributed by atoms with Crippen LogP contribution in [0.4, 0.5) is 11.5 Å². The number of anilines is 2. The third-order valence-electron chi connectivity index (χ3n) is 6.21. The molecule has 36 heavy (non-hydrogen) atoms. The van der Waals surface area contributed by atoms with Crippen LogP contribution in [0.1, 0.15) is 18.4 Å². The van der Waals surface area contributed by atoms with Crippen LogP contribution in [0.2, 0.25) is 15.1 Å². The van der Waals surface area contributed by atoms with Gasteiger partial charge < -0.3 is 19.7 Å². The van der Waals surface area contributed by atoms with Gasteiger partial charge in [-0.3, -0.25) is 0 Å². The minimum absolute atomic E-state index is 0.164. The van der Waals surface area contributed by atoms with Crippen molar-refractivity contribution < 1.29 is 9.47 Å². The maximum atomic E-state index is 6.54. The van der Waals surface area contributed by atoms with Gasteiger partial charge in [-0.15, -0.1) is 0 Å². The van der Waals surface area contributed by atoms with Gasteiger partial charge in [0.2, 0.25) is 0 Å². The van der Waals surface area contributed by atoms with Crippen molar-refractivity contribution in [3.05, 3.63) is 81.6 Å². The van der Waals surface area contributed by atoms with Crippen molar-refractivity contribution in [1.29, 1.82) is 0 Å². The number of ether oxygens (including phenoxy) is 2. The van der Waals surface area contributed by atoms with Crippen LogP contribution in [-0.4, -0.2) is 41.1 Å². The molecule has 186 valence electrons. The third kappa shape index (κ3) is 5.62. The fourth-order valence-electron chi connectivity index (χ4n) is 4.21. The second kappa shape index (κ2) is 11.1. The Morgan fingerprint density at radius 3 is 2.42 bits per heavy atom. The van der Waals surface area contributed by atoms with Crippen molar-refractivity contribution in [2.75, 3.05) is 25.5 Å². The van der Waals surface area contributed by atoms with Crippen LogP contribution in [0, 0.1) is 0 Å². The molecule has 0 amide bonds. The van der Waals surface area contributed by atoms with Crippen LogP contribution in [0.3, 0.4) is 0 Å². The lowest BCUT2D eigenvalue weighted by Gasteiger charge is -2.29. The minimum Gasteiger partial charge on any atom is -0.489 e. The molecule has 4 aromatic rings. The largest absolute Gasteiger partial charge is 0.489 e. The first-order chi connectivity index (χ1) is 17.5. The summed E-state index contributed by atoms with van der Waals surface area (Å²) in [5.41, 5.74) is 2.28. The lowest BCUT2D eigenvalue weighted by atomic mass is 10.1. The van der Waals surface area contributed by atoms with Crippen molar-refractivity contribution in [3.8, 4) is 11.5 Å². The lowest BCUT2D eigenvalue weighted by Crippen LogP contribution is -2.35. The predicted octanol–water partition coefficient (Wildman–Crippen LogP) is 7.39. The van der Waals surface area contributed by atoms with Crippen LogP contribution >= 0.6 is 34.8 Å². The molecule has 0 saturated carbocycles. The molecule has 0 aliphatic carbocycles. The summed E-state index contributed by atoms with van der Waals surface area (Å²) in [6.07, 6.45) is 3.67. The Hall–Kier alpha value is -2.77. The van der Waals surface area contributed by atoms with E-state index < -0.39 is 0 Å². The van der Waals surface area contributed by atoms with Gasteiger partial charge in [-0.2, -0.15) is 0 Å². The maximum absolute atomic E-state index is 6.54. The highest BCUT2D eigenvalue weighted by molar-refractivity contribution is 6.36. The van der Waals surface area contributed by atoms with E-state index in [4.69, 9.17) is 44.3 Å². The van der Waals surface area contributed by atoms with E-state index in [0.29, 0.717) is 32.2 Å². The Bertz CT molecular complexity index is 1350. The van der Waals surface area contributed by atoms with Crippen molar-refractivity contribution in [3.63, 3.8) is 0 Å². The van der Waals surface area contributed by atoms with Crippen LogP contribution in [0.15, 0.2) is 60.9 Å². The molecule has 1 aliphatic heterocycles. The molecule has 3 aromatic carbocycles. The molecular weight excluding hydrogens is 519 g/mol. The third-order valence-corrected chi connectivity index (χ3v) is 7.22. The standard InChI is InChI=1S/C27H25Cl3N4O2/c1-34-12-10-18(11-13-34)36-25-7-3-6-23-26(25)27(32-16-31-23)33-17-8-9-24(22(30)14-17)35-15-19-20(28)4-2-5-21(19)29/h2-9,14,16,18H,10-13,15H2,1H3,(H,31,32,33). The normalized spacial score (nSPS) is 14.7. The monoisotopic (exact) mass is 542 g/mol. The van der Waals surface area contributed by atoms with Crippen molar-refractivity contribution >= 4 is 57.2 Å². The van der Waals surface area contributed by atoms with E-state index in [9.17, 15) is 0 Å². The van der Waals surface area contributed by atoms with Crippen molar-refractivity contribution in [2.24, 2.45) is 0 Å². The summed E-state index contributed by atoms with van der Waals surface area (Å²) in [6.45, 7) is 2.25. The van der Waals surface area contributed by atoms with Crippen LogP contribution < -0.4 is 14.8 Å². The number of likely N-dealkylation sites (tertiary alicyclic amines) is 1. The van der Waals surface area contributed by atoms with E-state index in [1.54, 1.807) is 30.3 Å². The van der Waals surface area contributed by atoms with Crippen LogP contribution in [0.5, 0.6) is 11.5 Å². The number of fused-ring (bicyclic) bond motifs is 1.